The quantitative estimate of drug-likeness (QED) is 0.307. The van der Waals surface area contributed by atoms with Crippen molar-refractivity contribution in [3.8, 4) is 22.7 Å². The van der Waals surface area contributed by atoms with Crippen LogP contribution in [-0.2, 0) is 6.42 Å². The summed E-state index contributed by atoms with van der Waals surface area (Å²) in [6.07, 6.45) is 5.68. The van der Waals surface area contributed by atoms with Gasteiger partial charge in [0.25, 0.3) is 0 Å². The number of nitrogens with zero attached hydrogens (tertiary/aromatic N) is 2. The molecule has 2 aromatic carbocycles. The van der Waals surface area contributed by atoms with Gasteiger partial charge in [0.2, 0.25) is 5.89 Å². The van der Waals surface area contributed by atoms with Gasteiger partial charge in [0.05, 0.1) is 11.8 Å². The number of aromatic nitrogens is 3. The van der Waals surface area contributed by atoms with Crippen LogP contribution in [0.25, 0.3) is 33.6 Å². The number of hydrogen-bond acceptors (Lipinski definition) is 5. The predicted octanol–water partition coefficient (Wildman–Crippen LogP) is 5.71. The third kappa shape index (κ3) is 4.23. The van der Waals surface area contributed by atoms with Crippen LogP contribution in [0.5, 0.6) is 0 Å². The molecule has 34 heavy (non-hydrogen) atoms. The number of nitrogens with one attached hydrogen (secondary N) is 1. The van der Waals surface area contributed by atoms with Crippen LogP contribution in [0.2, 0.25) is 0 Å². The van der Waals surface area contributed by atoms with Crippen LogP contribution in [0.3, 0.4) is 0 Å². The first-order valence-corrected chi connectivity index (χ1v) is 10.8. The lowest BCUT2D eigenvalue weighted by Crippen LogP contribution is -2.05. The molecule has 168 valence electrons. The number of oxazole rings is 1. The average molecular weight is 451 g/mol. The van der Waals surface area contributed by atoms with Gasteiger partial charge in [-0.3, -0.25) is 9.78 Å². The lowest BCUT2D eigenvalue weighted by Gasteiger charge is -2.09. The maximum Gasteiger partial charge on any atom is 0.335 e. The van der Waals surface area contributed by atoms with E-state index in [-0.39, 0.29) is 17.8 Å². The van der Waals surface area contributed by atoms with Gasteiger partial charge in [0.15, 0.2) is 5.78 Å². The zero-order valence-corrected chi connectivity index (χ0v) is 18.4. The molecule has 0 aliphatic rings. The average Bonchev–Trinajstić information content (AvgIpc) is 3.52. The summed E-state index contributed by atoms with van der Waals surface area (Å²) in [7, 11) is 0. The topological polar surface area (TPSA) is 109 Å². The van der Waals surface area contributed by atoms with Gasteiger partial charge in [-0.25, -0.2) is 9.78 Å². The van der Waals surface area contributed by atoms with E-state index < -0.39 is 5.97 Å². The van der Waals surface area contributed by atoms with Crippen molar-refractivity contribution in [2.45, 2.75) is 19.8 Å². The second-order valence-corrected chi connectivity index (χ2v) is 8.13. The highest BCUT2D eigenvalue weighted by molar-refractivity contribution is 5.96. The van der Waals surface area contributed by atoms with Crippen molar-refractivity contribution in [1.29, 1.82) is 0 Å². The molecule has 0 saturated carbocycles. The van der Waals surface area contributed by atoms with Crippen molar-refractivity contribution in [2.24, 2.45) is 0 Å². The van der Waals surface area contributed by atoms with E-state index in [1.807, 2.05) is 31.2 Å². The molecule has 0 aliphatic heterocycles. The minimum Gasteiger partial charge on any atom is -0.478 e. The van der Waals surface area contributed by atoms with Crippen LogP contribution in [0, 0.1) is 6.92 Å². The molecule has 0 fully saturated rings. The molecule has 0 amide bonds. The van der Waals surface area contributed by atoms with E-state index in [0.29, 0.717) is 18.0 Å². The maximum atomic E-state index is 12.9. The maximum absolute atomic E-state index is 12.9. The second kappa shape index (κ2) is 8.78. The van der Waals surface area contributed by atoms with Crippen LogP contribution in [0.4, 0.5) is 0 Å². The number of carboxylic acid groups (broad SMARTS) is 1. The Morgan fingerprint density at radius 1 is 1.03 bits per heavy atom. The summed E-state index contributed by atoms with van der Waals surface area (Å²) in [4.78, 5) is 35.7. The van der Waals surface area contributed by atoms with Gasteiger partial charge in [-0.1, -0.05) is 18.2 Å². The Morgan fingerprint density at radius 3 is 2.59 bits per heavy atom. The molecular weight excluding hydrogens is 430 g/mol. The zero-order valence-electron chi connectivity index (χ0n) is 18.4. The monoisotopic (exact) mass is 451 g/mol. The van der Waals surface area contributed by atoms with Gasteiger partial charge < -0.3 is 14.5 Å². The largest absolute Gasteiger partial charge is 0.478 e. The van der Waals surface area contributed by atoms with E-state index in [1.54, 1.807) is 36.7 Å². The number of Topliss-reactive ketones (excluding diaryl/α,β-unsaturated/α-hetero) is 1. The van der Waals surface area contributed by atoms with Crippen molar-refractivity contribution in [3.05, 3.63) is 95.6 Å². The standard InChI is InChI=1S/C27H21N3O4/c1-16-15-29-23(25(31)9-4-17-2-5-18(6-3-17)27(32)33)14-21(16)19-7-8-22-20(12-19)13-24(30-22)26-28-10-11-34-26/h2-3,5-8,10-15,30H,4,9H2,1H3,(H,32,33). The minimum atomic E-state index is -0.967. The first-order valence-electron chi connectivity index (χ1n) is 10.8. The molecule has 0 spiro atoms. The number of ketones is 1. The molecule has 0 saturated heterocycles. The third-order valence-corrected chi connectivity index (χ3v) is 5.82. The van der Waals surface area contributed by atoms with Crippen LogP contribution in [0.1, 0.15) is 38.4 Å². The fraction of sp³-hybridized carbons (Fsp3) is 0.111. The van der Waals surface area contributed by atoms with E-state index in [9.17, 15) is 9.59 Å². The molecule has 0 aliphatic carbocycles. The summed E-state index contributed by atoms with van der Waals surface area (Å²) in [6, 6.07) is 16.5. The molecule has 5 aromatic rings. The number of carbonyl (C=O) groups excluding carboxylic acids is 1. The van der Waals surface area contributed by atoms with E-state index in [1.165, 1.54) is 6.26 Å². The summed E-state index contributed by atoms with van der Waals surface area (Å²) < 4.78 is 5.38. The predicted molar refractivity (Wildman–Crippen MR) is 128 cm³/mol. The lowest BCUT2D eigenvalue weighted by molar-refractivity contribution is 0.0696. The van der Waals surface area contributed by atoms with Crippen LogP contribution >= 0.6 is 0 Å². The highest BCUT2D eigenvalue weighted by Crippen LogP contribution is 2.30. The van der Waals surface area contributed by atoms with E-state index in [4.69, 9.17) is 9.52 Å². The number of pyridine rings is 1. The Morgan fingerprint density at radius 2 is 1.85 bits per heavy atom. The molecular formula is C27H21N3O4. The van der Waals surface area contributed by atoms with E-state index in [0.717, 1.165) is 38.9 Å². The Kier molecular flexibility index (Phi) is 5.51. The summed E-state index contributed by atoms with van der Waals surface area (Å²) in [5.74, 6) is -0.494. The van der Waals surface area contributed by atoms with Gasteiger partial charge in [-0.2, -0.15) is 0 Å². The second-order valence-electron chi connectivity index (χ2n) is 8.13. The number of carboxylic acids is 1. The molecule has 5 rings (SSSR count). The Balaban J connectivity index is 1.37. The molecule has 7 nitrogen and oxygen atoms in total. The molecule has 0 atom stereocenters. The van der Waals surface area contributed by atoms with Gasteiger partial charge in [-0.05, 0) is 72.0 Å². The number of H-pyrrole nitrogens is 1. The number of carbonyl (C=O) groups is 2. The lowest BCUT2D eigenvalue weighted by atomic mass is 9.98. The van der Waals surface area contributed by atoms with Crippen LogP contribution < -0.4 is 0 Å². The van der Waals surface area contributed by atoms with E-state index >= 15 is 0 Å². The van der Waals surface area contributed by atoms with Crippen molar-refractivity contribution in [1.82, 2.24) is 15.0 Å². The van der Waals surface area contributed by atoms with Crippen molar-refractivity contribution < 1.29 is 19.1 Å². The Bertz CT molecular complexity index is 1500. The fourth-order valence-electron chi connectivity index (χ4n) is 3.96. The van der Waals surface area contributed by atoms with Gasteiger partial charge >= 0.3 is 5.97 Å². The molecule has 0 unspecified atom stereocenters. The fourth-order valence-corrected chi connectivity index (χ4v) is 3.96. The number of fused-ring (bicyclic) bond motifs is 1. The SMILES string of the molecule is Cc1cnc(C(=O)CCc2ccc(C(=O)O)cc2)cc1-c1ccc2[nH]c(-c3ncco3)cc2c1. The highest BCUT2D eigenvalue weighted by atomic mass is 16.4. The number of rotatable bonds is 7. The first-order chi connectivity index (χ1) is 16.5. The summed E-state index contributed by atoms with van der Waals surface area (Å²) in [6.45, 7) is 1.97. The zero-order chi connectivity index (χ0) is 23.7. The normalized spacial score (nSPS) is 11.1. The number of benzene rings is 2. The first kappa shape index (κ1) is 21.3. The van der Waals surface area contributed by atoms with Gasteiger partial charge in [0, 0.05) is 23.5 Å². The summed E-state index contributed by atoms with van der Waals surface area (Å²) >= 11 is 0. The Hall–Kier alpha value is -4.52. The van der Waals surface area contributed by atoms with Crippen LogP contribution in [-0.4, -0.2) is 31.8 Å². The van der Waals surface area contributed by atoms with Crippen molar-refractivity contribution in [2.75, 3.05) is 0 Å². The van der Waals surface area contributed by atoms with Crippen LogP contribution in [0.15, 0.2) is 77.7 Å². The number of aromatic carboxylic acids is 1. The van der Waals surface area contributed by atoms with Crippen molar-refractivity contribution >= 4 is 22.7 Å². The summed E-state index contributed by atoms with van der Waals surface area (Å²) in [5, 5.41) is 10.0. The highest BCUT2D eigenvalue weighted by Gasteiger charge is 2.14. The molecule has 0 bridgehead atoms. The van der Waals surface area contributed by atoms with Gasteiger partial charge in [-0.15, -0.1) is 0 Å². The Labute approximate surface area is 195 Å². The van der Waals surface area contributed by atoms with Gasteiger partial charge in [0.1, 0.15) is 17.7 Å². The summed E-state index contributed by atoms with van der Waals surface area (Å²) in [5.41, 5.74) is 6.23. The molecule has 0 radical (unpaired) electrons. The third-order valence-electron chi connectivity index (χ3n) is 5.82. The number of aromatic amines is 1. The number of aryl methyl sites for hydroxylation is 2. The molecule has 2 N–H and O–H groups in total. The molecule has 3 aromatic heterocycles. The number of hydrogen-bond donors (Lipinski definition) is 2. The van der Waals surface area contributed by atoms with E-state index in [2.05, 4.69) is 21.0 Å². The van der Waals surface area contributed by atoms with Crippen molar-refractivity contribution in [3.63, 3.8) is 0 Å². The minimum absolute atomic E-state index is 0.0579. The molecule has 3 heterocycles. The molecule has 7 heteroatoms. The smallest absolute Gasteiger partial charge is 0.335 e.